The number of rotatable bonds is 2. The van der Waals surface area contributed by atoms with Crippen LogP contribution in [-0.2, 0) is 0 Å². The lowest BCUT2D eigenvalue weighted by Crippen LogP contribution is -1.97. The van der Waals surface area contributed by atoms with Crippen LogP contribution in [-0.4, -0.2) is 31.0 Å². The first kappa shape index (κ1) is 9.85. The van der Waals surface area contributed by atoms with Gasteiger partial charge in [-0.15, -0.1) is 11.8 Å². The van der Waals surface area contributed by atoms with Crippen LogP contribution in [0.5, 0.6) is 11.8 Å². The monoisotopic (exact) mass is 223 g/mol. The van der Waals surface area contributed by atoms with Crippen molar-refractivity contribution in [3.63, 3.8) is 0 Å². The highest BCUT2D eigenvalue weighted by molar-refractivity contribution is 7.98. The van der Waals surface area contributed by atoms with E-state index in [1.807, 2.05) is 6.26 Å². The summed E-state index contributed by atoms with van der Waals surface area (Å²) in [7, 11) is 0. The predicted molar refractivity (Wildman–Crippen MR) is 56.5 cm³/mol. The molecule has 0 fully saturated rings. The quantitative estimate of drug-likeness (QED) is 0.753. The van der Waals surface area contributed by atoms with Gasteiger partial charge in [0.25, 0.3) is 0 Å². The van der Waals surface area contributed by atoms with Gasteiger partial charge in [-0.25, -0.2) is 14.5 Å². The Morgan fingerprint density at radius 3 is 2.27 bits per heavy atom. The summed E-state index contributed by atoms with van der Waals surface area (Å²) in [6.07, 6.45) is 4.97. The van der Waals surface area contributed by atoms with Crippen LogP contribution in [0, 0.1) is 0 Å². The summed E-state index contributed by atoms with van der Waals surface area (Å²) in [4.78, 5) is 8.17. The molecule has 0 amide bonds. The normalized spacial score (nSPS) is 10.5. The van der Waals surface area contributed by atoms with Crippen molar-refractivity contribution in [2.24, 2.45) is 0 Å². The molecule has 0 unspecified atom stereocenters. The molecule has 0 radical (unpaired) electrons. The Kier molecular flexibility index (Phi) is 2.51. The molecule has 2 heterocycles. The highest BCUT2D eigenvalue weighted by Crippen LogP contribution is 2.25. The zero-order chi connectivity index (χ0) is 10.8. The van der Waals surface area contributed by atoms with Gasteiger partial charge in [-0.1, -0.05) is 0 Å². The Hall–Kier alpha value is -1.69. The zero-order valence-corrected chi connectivity index (χ0v) is 8.77. The minimum absolute atomic E-state index is 0.0706. The molecule has 2 rings (SSSR count). The van der Waals surface area contributed by atoms with E-state index in [9.17, 15) is 10.2 Å². The average Bonchev–Trinajstić information content (AvgIpc) is 2.59. The van der Waals surface area contributed by atoms with E-state index >= 15 is 0 Å². The van der Waals surface area contributed by atoms with Gasteiger partial charge in [-0.2, -0.15) is 0 Å². The molecule has 0 atom stereocenters. The predicted octanol–water partition coefficient (Wildman–Crippen LogP) is 1.40. The topological polar surface area (TPSA) is 71.2 Å². The molecular weight excluding hydrogens is 214 g/mol. The van der Waals surface area contributed by atoms with Crippen molar-refractivity contribution in [1.82, 2.24) is 14.5 Å². The minimum atomic E-state index is -0.0706. The summed E-state index contributed by atoms with van der Waals surface area (Å²) in [6, 6.07) is 2.78. The van der Waals surface area contributed by atoms with Crippen molar-refractivity contribution >= 4 is 11.8 Å². The van der Waals surface area contributed by atoms with Crippen LogP contribution in [0.1, 0.15) is 0 Å². The van der Waals surface area contributed by atoms with Crippen LogP contribution in [0.3, 0.4) is 0 Å². The number of nitrogens with zero attached hydrogens (tertiary/aromatic N) is 3. The number of aromatic hydroxyl groups is 2. The maximum absolute atomic E-state index is 9.44. The number of aromatic nitrogens is 3. The molecule has 78 valence electrons. The van der Waals surface area contributed by atoms with E-state index in [0.717, 1.165) is 5.03 Å². The van der Waals surface area contributed by atoms with Crippen molar-refractivity contribution in [1.29, 1.82) is 0 Å². The van der Waals surface area contributed by atoms with Crippen molar-refractivity contribution in [3.8, 4) is 17.6 Å². The lowest BCUT2D eigenvalue weighted by Gasteiger charge is -2.04. The lowest BCUT2D eigenvalue weighted by atomic mass is 10.6. The van der Waals surface area contributed by atoms with E-state index in [1.54, 1.807) is 6.20 Å². The van der Waals surface area contributed by atoms with Gasteiger partial charge >= 0.3 is 0 Å². The Balaban J connectivity index is 2.45. The van der Waals surface area contributed by atoms with Crippen LogP contribution >= 0.6 is 11.8 Å². The maximum atomic E-state index is 9.44. The second-order valence-corrected chi connectivity index (χ2v) is 3.63. The molecule has 5 nitrogen and oxygen atoms in total. The van der Waals surface area contributed by atoms with Gasteiger partial charge in [0.15, 0.2) is 17.6 Å². The molecule has 0 spiro atoms. The second-order valence-electron chi connectivity index (χ2n) is 2.80. The van der Waals surface area contributed by atoms with Crippen molar-refractivity contribution in [2.45, 2.75) is 5.03 Å². The third-order valence-electron chi connectivity index (χ3n) is 1.89. The SMILES string of the molecule is CSc1cnc(-n2c(O)ccc2O)cn1. The molecule has 6 heteroatoms. The van der Waals surface area contributed by atoms with E-state index in [4.69, 9.17) is 0 Å². The molecule has 0 saturated carbocycles. The first-order valence-electron chi connectivity index (χ1n) is 4.18. The van der Waals surface area contributed by atoms with Gasteiger partial charge in [-0.3, -0.25) is 0 Å². The molecule has 0 aromatic carbocycles. The molecule has 0 bridgehead atoms. The third-order valence-corrected chi connectivity index (χ3v) is 2.52. The molecule has 0 saturated heterocycles. The van der Waals surface area contributed by atoms with Gasteiger partial charge < -0.3 is 10.2 Å². The highest BCUT2D eigenvalue weighted by Gasteiger charge is 2.09. The molecule has 0 aliphatic rings. The van der Waals surface area contributed by atoms with Crippen LogP contribution in [0.15, 0.2) is 29.6 Å². The van der Waals surface area contributed by atoms with E-state index in [0.29, 0.717) is 5.82 Å². The van der Waals surface area contributed by atoms with Crippen LogP contribution in [0.2, 0.25) is 0 Å². The van der Waals surface area contributed by atoms with E-state index in [2.05, 4.69) is 9.97 Å². The molecular formula is C9H9N3O2S. The van der Waals surface area contributed by atoms with Gasteiger partial charge in [-0.05, 0) is 6.26 Å². The van der Waals surface area contributed by atoms with Crippen molar-refractivity contribution in [2.75, 3.05) is 6.26 Å². The van der Waals surface area contributed by atoms with Gasteiger partial charge in [0.1, 0.15) is 5.03 Å². The van der Waals surface area contributed by atoms with E-state index < -0.39 is 0 Å². The summed E-state index contributed by atoms with van der Waals surface area (Å²) in [5.74, 6) is 0.241. The fraction of sp³-hybridized carbons (Fsp3) is 0.111. The summed E-state index contributed by atoms with van der Waals surface area (Å²) in [5.41, 5.74) is 0. The highest BCUT2D eigenvalue weighted by atomic mass is 32.2. The average molecular weight is 223 g/mol. The molecule has 0 aliphatic carbocycles. The number of hydrogen-bond acceptors (Lipinski definition) is 5. The maximum Gasteiger partial charge on any atom is 0.199 e. The van der Waals surface area contributed by atoms with E-state index in [1.165, 1.54) is 34.7 Å². The molecule has 15 heavy (non-hydrogen) atoms. The van der Waals surface area contributed by atoms with Crippen molar-refractivity contribution < 1.29 is 10.2 Å². The Morgan fingerprint density at radius 2 is 1.80 bits per heavy atom. The van der Waals surface area contributed by atoms with Crippen LogP contribution < -0.4 is 0 Å². The first-order chi connectivity index (χ1) is 7.22. The van der Waals surface area contributed by atoms with Crippen LogP contribution in [0.4, 0.5) is 0 Å². The standard InChI is InChI=1S/C9H9N3O2S/c1-15-7-5-10-6(4-11-7)12-8(13)2-3-9(12)14/h2-5,13-14H,1H3. The minimum Gasteiger partial charge on any atom is -0.494 e. The molecule has 2 aromatic heterocycles. The second kappa shape index (κ2) is 3.82. The summed E-state index contributed by atoms with van der Waals surface area (Å²) in [6.45, 7) is 0. The summed E-state index contributed by atoms with van der Waals surface area (Å²) < 4.78 is 1.21. The van der Waals surface area contributed by atoms with Crippen LogP contribution in [0.25, 0.3) is 5.82 Å². The largest absolute Gasteiger partial charge is 0.494 e. The van der Waals surface area contributed by atoms with Gasteiger partial charge in [0.05, 0.1) is 12.4 Å². The van der Waals surface area contributed by atoms with Crippen molar-refractivity contribution in [3.05, 3.63) is 24.5 Å². The first-order valence-corrected chi connectivity index (χ1v) is 5.41. The smallest absolute Gasteiger partial charge is 0.199 e. The molecule has 2 aromatic rings. The molecule has 2 N–H and O–H groups in total. The van der Waals surface area contributed by atoms with Gasteiger partial charge in [0, 0.05) is 12.1 Å². The lowest BCUT2D eigenvalue weighted by molar-refractivity contribution is 0.400. The Labute approximate surface area is 90.4 Å². The Bertz CT molecular complexity index is 447. The zero-order valence-electron chi connectivity index (χ0n) is 7.95. The van der Waals surface area contributed by atoms with Gasteiger partial charge in [0.2, 0.25) is 0 Å². The Morgan fingerprint density at radius 1 is 1.13 bits per heavy atom. The molecule has 0 aliphatic heterocycles. The summed E-state index contributed by atoms with van der Waals surface area (Å²) in [5, 5.41) is 19.7. The fourth-order valence-electron chi connectivity index (χ4n) is 1.18. The number of hydrogen-bond donors (Lipinski definition) is 2. The number of thioether (sulfide) groups is 1. The summed E-state index contributed by atoms with van der Waals surface area (Å²) >= 11 is 1.48. The third kappa shape index (κ3) is 1.75. The fourth-order valence-corrected chi connectivity index (χ4v) is 1.50. The van der Waals surface area contributed by atoms with E-state index in [-0.39, 0.29) is 11.8 Å².